The number of aliphatic hydroxyl groups excluding tert-OH is 1. The Hall–Kier alpha value is -1.78. The van der Waals surface area contributed by atoms with E-state index in [-0.39, 0.29) is 12.1 Å². The van der Waals surface area contributed by atoms with Crippen molar-refractivity contribution < 1.29 is 14.3 Å². The number of fused-ring (bicyclic) bond motifs is 1. The van der Waals surface area contributed by atoms with E-state index in [4.69, 9.17) is 9.15 Å². The third kappa shape index (κ3) is 3.51. The molecule has 2 aromatic rings. The topological polar surface area (TPSA) is 54.6 Å². The normalized spacial score (nSPS) is 20.5. The number of aliphatic hydroxyl groups is 1. The number of hydrogen-bond acceptors (Lipinski definition) is 4. The molecule has 3 rings (SSSR count). The first-order chi connectivity index (χ1) is 10.7. The van der Waals surface area contributed by atoms with Gasteiger partial charge in [-0.1, -0.05) is 18.2 Å². The Morgan fingerprint density at radius 3 is 2.95 bits per heavy atom. The van der Waals surface area contributed by atoms with Gasteiger partial charge in [-0.05, 0) is 44.4 Å². The van der Waals surface area contributed by atoms with E-state index in [1.807, 2.05) is 24.3 Å². The van der Waals surface area contributed by atoms with Crippen molar-refractivity contribution in [2.75, 3.05) is 6.61 Å². The maximum Gasteiger partial charge on any atom is 0.132 e. The summed E-state index contributed by atoms with van der Waals surface area (Å²) in [5.41, 5.74) is 1.21. The highest BCUT2D eigenvalue weighted by Gasteiger charge is 2.22. The van der Waals surface area contributed by atoms with Gasteiger partial charge in [0.05, 0.1) is 12.9 Å². The van der Waals surface area contributed by atoms with Gasteiger partial charge in [0.25, 0.3) is 0 Å². The van der Waals surface area contributed by atoms with Crippen molar-refractivity contribution in [1.82, 2.24) is 5.32 Å². The number of rotatable bonds is 5. The van der Waals surface area contributed by atoms with Crippen molar-refractivity contribution in [3.05, 3.63) is 54.0 Å². The Balaban J connectivity index is 1.65. The zero-order chi connectivity index (χ0) is 15.4. The summed E-state index contributed by atoms with van der Waals surface area (Å²) in [4.78, 5) is 0. The zero-order valence-electron chi connectivity index (χ0n) is 12.9. The van der Waals surface area contributed by atoms with Crippen molar-refractivity contribution in [2.45, 2.75) is 44.4 Å². The van der Waals surface area contributed by atoms with Crippen LogP contribution in [0.5, 0.6) is 5.75 Å². The zero-order valence-corrected chi connectivity index (χ0v) is 12.9. The van der Waals surface area contributed by atoms with Gasteiger partial charge in [-0.25, -0.2) is 0 Å². The molecular weight excluding hydrogens is 278 g/mol. The molecule has 0 radical (unpaired) electrons. The molecule has 3 unspecified atom stereocenters. The highest BCUT2D eigenvalue weighted by atomic mass is 16.5. The Kier molecular flexibility index (Phi) is 4.80. The molecule has 3 atom stereocenters. The predicted molar refractivity (Wildman–Crippen MR) is 84.8 cm³/mol. The predicted octanol–water partition coefficient (Wildman–Crippen LogP) is 3.60. The van der Waals surface area contributed by atoms with Crippen molar-refractivity contribution >= 4 is 0 Å². The number of para-hydroxylation sites is 1. The van der Waals surface area contributed by atoms with Crippen molar-refractivity contribution in [3.63, 3.8) is 0 Å². The highest BCUT2D eigenvalue weighted by Crippen LogP contribution is 2.32. The van der Waals surface area contributed by atoms with Crippen LogP contribution in [0.15, 0.2) is 47.1 Å². The van der Waals surface area contributed by atoms with Gasteiger partial charge < -0.3 is 19.6 Å². The van der Waals surface area contributed by atoms with Crippen LogP contribution in [-0.2, 0) is 0 Å². The first-order valence-corrected chi connectivity index (χ1v) is 7.93. The third-order valence-corrected chi connectivity index (χ3v) is 4.12. The van der Waals surface area contributed by atoms with Gasteiger partial charge in [-0.15, -0.1) is 0 Å². The second-order valence-corrected chi connectivity index (χ2v) is 5.92. The second kappa shape index (κ2) is 6.99. The van der Waals surface area contributed by atoms with E-state index in [0.29, 0.717) is 12.2 Å². The lowest BCUT2D eigenvalue weighted by Gasteiger charge is -2.24. The fourth-order valence-electron chi connectivity index (χ4n) is 3.04. The molecule has 0 saturated heterocycles. The molecule has 1 aromatic carbocycles. The lowest BCUT2D eigenvalue weighted by atomic mass is 9.99. The summed E-state index contributed by atoms with van der Waals surface area (Å²) in [5.74, 6) is 1.59. The van der Waals surface area contributed by atoms with Crippen molar-refractivity contribution in [3.8, 4) is 5.75 Å². The van der Waals surface area contributed by atoms with E-state index in [2.05, 4.69) is 18.3 Å². The molecular formula is C18H23NO3. The molecule has 2 N–H and O–H groups in total. The third-order valence-electron chi connectivity index (χ3n) is 4.12. The van der Waals surface area contributed by atoms with Crippen LogP contribution in [-0.4, -0.2) is 17.8 Å². The Morgan fingerprint density at radius 1 is 1.27 bits per heavy atom. The molecule has 4 heteroatoms. The molecule has 0 bridgehead atoms. The summed E-state index contributed by atoms with van der Waals surface area (Å²) in [5, 5.41) is 13.8. The van der Waals surface area contributed by atoms with Crippen LogP contribution in [0, 0.1) is 0 Å². The standard InChI is InChI=1S/C18H23NO3/c1-13(12-16(20)18-9-5-11-22-18)19-15-7-4-10-21-17-8-3-2-6-14(15)17/h2-3,5-6,8-9,11,13,15-16,19-20H,4,7,10,12H2,1H3. The number of furan rings is 1. The summed E-state index contributed by atoms with van der Waals surface area (Å²) in [6.07, 6.45) is 3.70. The molecule has 2 heterocycles. The SMILES string of the molecule is CC(CC(O)c1ccco1)NC1CCCOc2ccccc21. The van der Waals surface area contributed by atoms with Gasteiger partial charge >= 0.3 is 0 Å². The number of nitrogens with one attached hydrogen (secondary N) is 1. The molecule has 0 fully saturated rings. The number of benzene rings is 1. The smallest absolute Gasteiger partial charge is 0.132 e. The monoisotopic (exact) mass is 301 g/mol. The van der Waals surface area contributed by atoms with Crippen molar-refractivity contribution in [2.24, 2.45) is 0 Å². The fraction of sp³-hybridized carbons (Fsp3) is 0.444. The summed E-state index contributed by atoms with van der Waals surface area (Å²) in [7, 11) is 0. The molecule has 0 aliphatic carbocycles. The Bertz CT molecular complexity index is 582. The number of ether oxygens (including phenoxy) is 1. The van der Waals surface area contributed by atoms with E-state index >= 15 is 0 Å². The summed E-state index contributed by atoms with van der Waals surface area (Å²) in [6.45, 7) is 2.86. The quantitative estimate of drug-likeness (QED) is 0.886. The van der Waals surface area contributed by atoms with E-state index in [0.717, 1.165) is 25.2 Å². The molecule has 22 heavy (non-hydrogen) atoms. The van der Waals surface area contributed by atoms with Gasteiger partial charge in [0.1, 0.15) is 17.6 Å². The van der Waals surface area contributed by atoms with Crippen LogP contribution >= 0.6 is 0 Å². The average Bonchev–Trinajstić information content (AvgIpc) is 2.98. The van der Waals surface area contributed by atoms with Crippen LogP contribution in [0.1, 0.15) is 49.7 Å². The molecule has 1 aliphatic rings. The van der Waals surface area contributed by atoms with Crippen LogP contribution in [0.2, 0.25) is 0 Å². The molecule has 4 nitrogen and oxygen atoms in total. The number of hydrogen-bond donors (Lipinski definition) is 2. The second-order valence-electron chi connectivity index (χ2n) is 5.92. The van der Waals surface area contributed by atoms with Gasteiger partial charge in [0.15, 0.2) is 0 Å². The van der Waals surface area contributed by atoms with E-state index in [1.165, 1.54) is 5.56 Å². The minimum absolute atomic E-state index is 0.177. The molecule has 0 saturated carbocycles. The van der Waals surface area contributed by atoms with Crippen LogP contribution in [0.4, 0.5) is 0 Å². The Morgan fingerprint density at radius 2 is 2.14 bits per heavy atom. The molecule has 0 amide bonds. The van der Waals surface area contributed by atoms with Crippen LogP contribution in [0.25, 0.3) is 0 Å². The van der Waals surface area contributed by atoms with Crippen LogP contribution in [0.3, 0.4) is 0 Å². The largest absolute Gasteiger partial charge is 0.493 e. The summed E-state index contributed by atoms with van der Waals surface area (Å²) >= 11 is 0. The Labute approximate surface area is 131 Å². The molecule has 118 valence electrons. The minimum Gasteiger partial charge on any atom is -0.493 e. The average molecular weight is 301 g/mol. The molecule has 1 aromatic heterocycles. The summed E-state index contributed by atoms with van der Waals surface area (Å²) in [6, 6.07) is 12.2. The van der Waals surface area contributed by atoms with E-state index in [9.17, 15) is 5.11 Å². The maximum absolute atomic E-state index is 10.2. The van der Waals surface area contributed by atoms with Gasteiger partial charge in [-0.2, -0.15) is 0 Å². The minimum atomic E-state index is -0.574. The van der Waals surface area contributed by atoms with E-state index < -0.39 is 6.10 Å². The fourth-order valence-corrected chi connectivity index (χ4v) is 3.04. The highest BCUT2D eigenvalue weighted by molar-refractivity contribution is 5.36. The van der Waals surface area contributed by atoms with Gasteiger partial charge in [0.2, 0.25) is 0 Å². The van der Waals surface area contributed by atoms with Gasteiger partial charge in [-0.3, -0.25) is 0 Å². The molecule has 0 spiro atoms. The lowest BCUT2D eigenvalue weighted by molar-refractivity contribution is 0.126. The van der Waals surface area contributed by atoms with E-state index in [1.54, 1.807) is 12.3 Å². The first kappa shape index (κ1) is 15.1. The van der Waals surface area contributed by atoms with Crippen molar-refractivity contribution in [1.29, 1.82) is 0 Å². The van der Waals surface area contributed by atoms with Crippen LogP contribution < -0.4 is 10.1 Å². The summed E-state index contributed by atoms with van der Waals surface area (Å²) < 4.78 is 11.1. The first-order valence-electron chi connectivity index (χ1n) is 7.93. The maximum atomic E-state index is 10.2. The van der Waals surface area contributed by atoms with Gasteiger partial charge in [0, 0.05) is 17.6 Å². The lowest BCUT2D eigenvalue weighted by Crippen LogP contribution is -2.31. The molecule has 1 aliphatic heterocycles.